The van der Waals surface area contributed by atoms with Gasteiger partial charge >= 0.3 is 6.18 Å². The number of nitrogens with zero attached hydrogens (tertiary/aromatic N) is 2. The van der Waals surface area contributed by atoms with E-state index >= 15 is 0 Å². The van der Waals surface area contributed by atoms with Crippen LogP contribution in [0.3, 0.4) is 0 Å². The molecule has 0 aliphatic carbocycles. The van der Waals surface area contributed by atoms with Crippen LogP contribution >= 0.6 is 0 Å². The van der Waals surface area contributed by atoms with E-state index in [4.69, 9.17) is 11.1 Å². The molecule has 0 unspecified atom stereocenters. The highest BCUT2D eigenvalue weighted by Crippen LogP contribution is 2.31. The summed E-state index contributed by atoms with van der Waals surface area (Å²) in [6.07, 6.45) is -4.37. The molecule has 0 fully saturated rings. The highest BCUT2D eigenvalue weighted by molar-refractivity contribution is 5.64. The van der Waals surface area contributed by atoms with Gasteiger partial charge in [0.1, 0.15) is 6.07 Å². The first-order chi connectivity index (χ1) is 9.45. The monoisotopic (exact) mass is 278 g/mol. The summed E-state index contributed by atoms with van der Waals surface area (Å²) >= 11 is 0. The van der Waals surface area contributed by atoms with Gasteiger partial charge in [-0.15, -0.1) is 0 Å². The van der Waals surface area contributed by atoms with Crippen LogP contribution in [0.4, 0.5) is 19.0 Å². The summed E-state index contributed by atoms with van der Waals surface area (Å²) in [4.78, 5) is 4.08. The highest BCUT2D eigenvalue weighted by atomic mass is 19.4. The lowest BCUT2D eigenvalue weighted by molar-refractivity contribution is -0.137. The van der Waals surface area contributed by atoms with Gasteiger partial charge in [0.15, 0.2) is 5.82 Å². The number of nitrogens with one attached hydrogen (secondary N) is 1. The van der Waals surface area contributed by atoms with Crippen LogP contribution in [0.25, 0.3) is 11.3 Å². The quantitative estimate of drug-likeness (QED) is 0.654. The van der Waals surface area contributed by atoms with Crippen LogP contribution < -0.4 is 11.3 Å². The van der Waals surface area contributed by atoms with Crippen molar-refractivity contribution in [3.05, 3.63) is 47.5 Å². The minimum Gasteiger partial charge on any atom is -0.307 e. The number of nitrogen functional groups attached to an aromatic ring is 1. The first-order valence-electron chi connectivity index (χ1n) is 5.51. The number of halogens is 3. The number of hydrogen-bond donors (Lipinski definition) is 2. The first kappa shape index (κ1) is 13.8. The normalized spacial score (nSPS) is 10.9. The smallest absolute Gasteiger partial charge is 0.307 e. The average Bonchev–Trinajstić information content (AvgIpc) is 2.45. The molecule has 20 heavy (non-hydrogen) atoms. The zero-order valence-electron chi connectivity index (χ0n) is 10.1. The molecule has 2 rings (SSSR count). The number of hydrazine groups is 1. The lowest BCUT2D eigenvalue weighted by atomic mass is 10.1. The van der Waals surface area contributed by atoms with Crippen molar-refractivity contribution in [2.75, 3.05) is 5.43 Å². The minimum absolute atomic E-state index is 0.171. The number of rotatable bonds is 2. The molecule has 1 aromatic heterocycles. The van der Waals surface area contributed by atoms with Gasteiger partial charge < -0.3 is 5.43 Å². The summed E-state index contributed by atoms with van der Waals surface area (Å²) in [6.45, 7) is 0. The Morgan fingerprint density at radius 3 is 2.25 bits per heavy atom. The van der Waals surface area contributed by atoms with Gasteiger partial charge in [-0.25, -0.2) is 10.8 Å². The van der Waals surface area contributed by atoms with Gasteiger partial charge in [-0.2, -0.15) is 18.4 Å². The Bertz CT molecular complexity index is 657. The van der Waals surface area contributed by atoms with E-state index in [0.717, 1.165) is 12.1 Å². The van der Waals surface area contributed by atoms with Gasteiger partial charge in [0, 0.05) is 5.56 Å². The molecule has 0 saturated carbocycles. The molecule has 1 heterocycles. The summed E-state index contributed by atoms with van der Waals surface area (Å²) in [5.41, 5.74) is 2.72. The number of nitriles is 1. The highest BCUT2D eigenvalue weighted by Gasteiger charge is 2.30. The third-order valence-corrected chi connectivity index (χ3v) is 2.66. The fourth-order valence-corrected chi connectivity index (χ4v) is 1.65. The Labute approximate surface area is 112 Å². The molecule has 0 spiro atoms. The van der Waals surface area contributed by atoms with Crippen LogP contribution in [0.5, 0.6) is 0 Å². The second-order valence-electron chi connectivity index (χ2n) is 3.92. The molecule has 1 aromatic carbocycles. The number of pyridine rings is 1. The maximum absolute atomic E-state index is 12.5. The summed E-state index contributed by atoms with van der Waals surface area (Å²) in [7, 11) is 0. The molecule has 3 N–H and O–H groups in total. The van der Waals surface area contributed by atoms with Crippen molar-refractivity contribution in [3.8, 4) is 17.3 Å². The Balaban J connectivity index is 2.40. The van der Waals surface area contributed by atoms with Crippen molar-refractivity contribution in [3.63, 3.8) is 0 Å². The van der Waals surface area contributed by atoms with Crippen LogP contribution in [-0.4, -0.2) is 4.98 Å². The van der Waals surface area contributed by atoms with Crippen molar-refractivity contribution in [2.24, 2.45) is 5.84 Å². The van der Waals surface area contributed by atoms with E-state index in [2.05, 4.69) is 10.4 Å². The van der Waals surface area contributed by atoms with E-state index in [1.54, 1.807) is 6.07 Å². The molecular weight excluding hydrogens is 269 g/mol. The summed E-state index contributed by atoms with van der Waals surface area (Å²) in [5, 5.41) is 8.83. The molecule has 4 nitrogen and oxygen atoms in total. The second-order valence-corrected chi connectivity index (χ2v) is 3.92. The molecule has 2 aromatic rings. The third kappa shape index (κ3) is 2.70. The van der Waals surface area contributed by atoms with Gasteiger partial charge in [0.05, 0.1) is 16.8 Å². The predicted molar refractivity (Wildman–Crippen MR) is 67.2 cm³/mol. The maximum Gasteiger partial charge on any atom is 0.416 e. The molecule has 0 saturated heterocycles. The Morgan fingerprint density at radius 2 is 1.75 bits per heavy atom. The molecule has 0 aliphatic rings. The molecule has 0 atom stereocenters. The number of anilines is 1. The molecule has 102 valence electrons. The number of alkyl halides is 3. The Morgan fingerprint density at radius 1 is 1.10 bits per heavy atom. The van der Waals surface area contributed by atoms with Crippen molar-refractivity contribution in [1.82, 2.24) is 4.98 Å². The van der Waals surface area contributed by atoms with Gasteiger partial charge in [0.2, 0.25) is 0 Å². The fourth-order valence-electron chi connectivity index (χ4n) is 1.65. The molecular formula is C13H9F3N4. The maximum atomic E-state index is 12.5. The van der Waals surface area contributed by atoms with Gasteiger partial charge in [-0.1, -0.05) is 12.1 Å². The van der Waals surface area contributed by atoms with E-state index in [1.807, 2.05) is 6.07 Å². The molecule has 7 heteroatoms. The zero-order chi connectivity index (χ0) is 14.8. The van der Waals surface area contributed by atoms with Crippen molar-refractivity contribution < 1.29 is 13.2 Å². The third-order valence-electron chi connectivity index (χ3n) is 2.66. The number of benzene rings is 1. The van der Waals surface area contributed by atoms with Crippen molar-refractivity contribution >= 4 is 5.82 Å². The Kier molecular flexibility index (Phi) is 3.59. The van der Waals surface area contributed by atoms with Crippen molar-refractivity contribution in [1.29, 1.82) is 5.26 Å². The summed E-state index contributed by atoms with van der Waals surface area (Å²) in [6, 6.07) is 9.53. The molecule has 0 radical (unpaired) electrons. The van der Waals surface area contributed by atoms with Crippen LogP contribution in [0, 0.1) is 11.3 Å². The van der Waals surface area contributed by atoms with Crippen molar-refractivity contribution in [2.45, 2.75) is 6.18 Å². The van der Waals surface area contributed by atoms with Crippen LogP contribution in [0.15, 0.2) is 36.4 Å². The fraction of sp³-hybridized carbons (Fsp3) is 0.0769. The summed E-state index contributed by atoms with van der Waals surface area (Å²) in [5.74, 6) is 5.41. The van der Waals surface area contributed by atoms with Crippen LogP contribution in [0.2, 0.25) is 0 Å². The number of nitrogens with two attached hydrogens (primary N) is 1. The lowest BCUT2D eigenvalue weighted by Gasteiger charge is -2.08. The minimum atomic E-state index is -4.37. The van der Waals surface area contributed by atoms with E-state index in [1.165, 1.54) is 18.2 Å². The standard InChI is InChI=1S/C13H9F3N4/c14-13(15,16)10-4-1-8(2-5-10)11-6-3-9(7-17)12(19-11)20-18/h1-6H,18H2,(H,19,20). The lowest BCUT2D eigenvalue weighted by Crippen LogP contribution is -2.10. The molecule has 0 bridgehead atoms. The number of aromatic nitrogens is 1. The van der Waals surface area contributed by atoms with E-state index in [0.29, 0.717) is 11.3 Å². The van der Waals surface area contributed by atoms with Crippen LogP contribution in [0.1, 0.15) is 11.1 Å². The molecule has 0 amide bonds. The SMILES string of the molecule is N#Cc1ccc(-c2ccc(C(F)(F)F)cc2)nc1NN. The van der Waals surface area contributed by atoms with E-state index in [9.17, 15) is 13.2 Å². The molecule has 0 aliphatic heterocycles. The van der Waals surface area contributed by atoms with Gasteiger partial charge in [-0.05, 0) is 24.3 Å². The van der Waals surface area contributed by atoms with E-state index in [-0.39, 0.29) is 11.4 Å². The predicted octanol–water partition coefficient (Wildman–Crippen LogP) is 2.92. The average molecular weight is 278 g/mol. The van der Waals surface area contributed by atoms with Gasteiger partial charge in [0.25, 0.3) is 0 Å². The first-order valence-corrected chi connectivity index (χ1v) is 5.51. The van der Waals surface area contributed by atoms with Gasteiger partial charge in [-0.3, -0.25) is 0 Å². The number of hydrogen-bond acceptors (Lipinski definition) is 4. The van der Waals surface area contributed by atoms with E-state index < -0.39 is 11.7 Å². The largest absolute Gasteiger partial charge is 0.416 e. The van der Waals surface area contributed by atoms with Crippen LogP contribution in [-0.2, 0) is 6.18 Å². The Hall–Kier alpha value is -2.59. The summed E-state index contributed by atoms with van der Waals surface area (Å²) < 4.78 is 37.4. The zero-order valence-corrected chi connectivity index (χ0v) is 10.1. The topological polar surface area (TPSA) is 74.7 Å². The second kappa shape index (κ2) is 5.19.